The molecule has 0 atom stereocenters. The zero-order valence-electron chi connectivity index (χ0n) is 6.51. The number of nitrogens with zero attached hydrogens (tertiary/aromatic N) is 1. The van der Waals surface area contributed by atoms with Gasteiger partial charge in [-0.2, -0.15) is 0 Å². The van der Waals surface area contributed by atoms with E-state index < -0.39 is 23.6 Å². The third kappa shape index (κ3) is 2.68. The first-order valence-corrected chi connectivity index (χ1v) is 3.29. The molecule has 0 fully saturated rings. The van der Waals surface area contributed by atoms with Crippen molar-refractivity contribution in [1.82, 2.24) is 4.98 Å². The molecule has 0 aliphatic carbocycles. The highest BCUT2D eigenvalue weighted by atomic mass is 19.4. The fraction of sp³-hybridized carbons (Fsp3) is 0.143. The molecular formula is C7H3F4NO2. The molecule has 1 rings (SSSR count). The van der Waals surface area contributed by atoms with Crippen LogP contribution in [0.25, 0.3) is 0 Å². The molecule has 0 bridgehead atoms. The Balaban J connectivity index is 3.05. The van der Waals surface area contributed by atoms with Crippen molar-refractivity contribution in [1.29, 1.82) is 0 Å². The zero-order valence-corrected chi connectivity index (χ0v) is 6.51. The summed E-state index contributed by atoms with van der Waals surface area (Å²) in [6, 6.07) is 0.435. The molecule has 0 N–H and O–H groups in total. The van der Waals surface area contributed by atoms with Crippen molar-refractivity contribution in [2.75, 3.05) is 0 Å². The lowest BCUT2D eigenvalue weighted by Crippen LogP contribution is -2.18. The van der Waals surface area contributed by atoms with Crippen LogP contribution in [-0.4, -0.2) is 17.6 Å². The Morgan fingerprint density at radius 2 is 2.07 bits per heavy atom. The van der Waals surface area contributed by atoms with Gasteiger partial charge in [-0.25, -0.2) is 9.37 Å². The van der Waals surface area contributed by atoms with Crippen molar-refractivity contribution in [3.05, 3.63) is 23.8 Å². The average Bonchev–Trinajstić information content (AvgIpc) is 2.01. The molecule has 0 saturated carbocycles. The minimum Gasteiger partial charge on any atom is -0.403 e. The molecule has 7 heteroatoms. The van der Waals surface area contributed by atoms with Crippen LogP contribution in [0.15, 0.2) is 12.3 Å². The molecule has 0 spiro atoms. The highest BCUT2D eigenvalue weighted by Gasteiger charge is 2.32. The van der Waals surface area contributed by atoms with E-state index in [1.165, 1.54) is 0 Å². The fourth-order valence-electron chi connectivity index (χ4n) is 0.726. The first kappa shape index (κ1) is 10.4. The lowest BCUT2D eigenvalue weighted by atomic mass is 10.3. The predicted molar refractivity (Wildman–Crippen MR) is 36.3 cm³/mol. The molecule has 0 unspecified atom stereocenters. The van der Waals surface area contributed by atoms with Gasteiger partial charge < -0.3 is 4.74 Å². The van der Waals surface area contributed by atoms with E-state index in [0.717, 1.165) is 0 Å². The minimum absolute atomic E-state index is 0.0422. The number of carbonyl (C=O) groups excluding carboxylic acids is 1. The molecule has 0 saturated heterocycles. The number of carbonyl (C=O) groups is 1. The molecular weight excluding hydrogens is 206 g/mol. The number of ether oxygens (including phenoxy) is 1. The summed E-state index contributed by atoms with van der Waals surface area (Å²) in [5.41, 5.74) is -0.608. The lowest BCUT2D eigenvalue weighted by Gasteiger charge is -2.09. The third-order valence-electron chi connectivity index (χ3n) is 1.19. The van der Waals surface area contributed by atoms with E-state index in [1.54, 1.807) is 0 Å². The maximum atomic E-state index is 12.4. The number of halogens is 4. The molecule has 1 aromatic rings. The van der Waals surface area contributed by atoms with Crippen LogP contribution in [0.5, 0.6) is 5.75 Å². The summed E-state index contributed by atoms with van der Waals surface area (Å²) in [5, 5.41) is 0. The summed E-state index contributed by atoms with van der Waals surface area (Å²) in [4.78, 5) is 13.3. The number of aldehydes is 1. The van der Waals surface area contributed by atoms with Crippen LogP contribution in [0.4, 0.5) is 17.6 Å². The Bertz CT molecular complexity index is 350. The predicted octanol–water partition coefficient (Wildman–Crippen LogP) is 1.93. The van der Waals surface area contributed by atoms with Gasteiger partial charge in [0.1, 0.15) is 11.5 Å². The van der Waals surface area contributed by atoms with Gasteiger partial charge >= 0.3 is 6.36 Å². The van der Waals surface area contributed by atoms with Crippen LogP contribution in [0.1, 0.15) is 10.5 Å². The summed E-state index contributed by atoms with van der Waals surface area (Å²) >= 11 is 0. The van der Waals surface area contributed by atoms with Crippen molar-refractivity contribution in [2.24, 2.45) is 0 Å². The maximum absolute atomic E-state index is 12.4. The number of hydrogen-bond acceptors (Lipinski definition) is 3. The molecule has 3 nitrogen and oxygen atoms in total. The summed E-state index contributed by atoms with van der Waals surface area (Å²) in [6.45, 7) is 0. The van der Waals surface area contributed by atoms with Gasteiger partial charge in [0.2, 0.25) is 0 Å². The van der Waals surface area contributed by atoms with E-state index in [4.69, 9.17) is 0 Å². The number of rotatable bonds is 2. The number of hydrogen-bond donors (Lipinski definition) is 0. The van der Waals surface area contributed by atoms with Gasteiger partial charge in [0.15, 0.2) is 12.0 Å². The topological polar surface area (TPSA) is 39.2 Å². The summed E-state index contributed by atoms with van der Waals surface area (Å²) < 4.78 is 50.9. The van der Waals surface area contributed by atoms with Crippen LogP contribution in [0, 0.1) is 5.82 Å². The normalized spacial score (nSPS) is 11.1. The van der Waals surface area contributed by atoms with E-state index >= 15 is 0 Å². The SMILES string of the molecule is O=Cc1ncc(F)cc1OC(F)(F)F. The molecule has 0 radical (unpaired) electrons. The van der Waals surface area contributed by atoms with Gasteiger partial charge in [-0.05, 0) is 0 Å². The van der Waals surface area contributed by atoms with Gasteiger partial charge in [-0.3, -0.25) is 4.79 Å². The van der Waals surface area contributed by atoms with Gasteiger partial charge in [0.25, 0.3) is 0 Å². The largest absolute Gasteiger partial charge is 0.573 e. The Labute approximate surface area is 75.3 Å². The first-order chi connectivity index (χ1) is 6.42. The van der Waals surface area contributed by atoms with E-state index in [0.29, 0.717) is 12.3 Å². The monoisotopic (exact) mass is 209 g/mol. The zero-order chi connectivity index (χ0) is 10.8. The van der Waals surface area contributed by atoms with Gasteiger partial charge in [-0.1, -0.05) is 0 Å². The fourth-order valence-corrected chi connectivity index (χ4v) is 0.726. The van der Waals surface area contributed by atoms with Crippen molar-refractivity contribution in [3.8, 4) is 5.75 Å². The molecule has 14 heavy (non-hydrogen) atoms. The molecule has 0 aromatic carbocycles. The van der Waals surface area contributed by atoms with E-state index in [2.05, 4.69) is 9.72 Å². The van der Waals surface area contributed by atoms with Crippen LogP contribution in [-0.2, 0) is 0 Å². The number of pyridine rings is 1. The summed E-state index contributed by atoms with van der Waals surface area (Å²) in [5.74, 6) is -1.97. The number of alkyl halides is 3. The van der Waals surface area contributed by atoms with E-state index in [-0.39, 0.29) is 6.29 Å². The molecule has 76 valence electrons. The van der Waals surface area contributed by atoms with Crippen LogP contribution >= 0.6 is 0 Å². The average molecular weight is 209 g/mol. The second-order valence-electron chi connectivity index (χ2n) is 2.20. The Morgan fingerprint density at radius 3 is 2.57 bits per heavy atom. The van der Waals surface area contributed by atoms with Crippen molar-refractivity contribution < 1.29 is 27.1 Å². The Hall–Kier alpha value is -1.66. The van der Waals surface area contributed by atoms with Gasteiger partial charge in [-0.15, -0.1) is 13.2 Å². The standard InChI is InChI=1S/C7H3F4NO2/c8-4-1-6(14-7(9,10)11)5(3-13)12-2-4/h1-3H. The summed E-state index contributed by atoms with van der Waals surface area (Å²) in [6.07, 6.45) is -4.32. The highest BCUT2D eigenvalue weighted by molar-refractivity contribution is 5.76. The molecule has 1 heterocycles. The highest BCUT2D eigenvalue weighted by Crippen LogP contribution is 2.24. The molecule has 0 aliphatic heterocycles. The van der Waals surface area contributed by atoms with Crippen molar-refractivity contribution in [3.63, 3.8) is 0 Å². The molecule has 1 aromatic heterocycles. The smallest absolute Gasteiger partial charge is 0.403 e. The summed E-state index contributed by atoms with van der Waals surface area (Å²) in [7, 11) is 0. The quantitative estimate of drug-likeness (QED) is 0.551. The van der Waals surface area contributed by atoms with Crippen LogP contribution < -0.4 is 4.74 Å². The van der Waals surface area contributed by atoms with E-state index in [1.807, 2.05) is 0 Å². The van der Waals surface area contributed by atoms with E-state index in [9.17, 15) is 22.4 Å². The van der Waals surface area contributed by atoms with Gasteiger partial charge in [0, 0.05) is 6.07 Å². The second-order valence-corrected chi connectivity index (χ2v) is 2.20. The van der Waals surface area contributed by atoms with Crippen molar-refractivity contribution in [2.45, 2.75) is 6.36 Å². The first-order valence-electron chi connectivity index (χ1n) is 3.29. The second kappa shape index (κ2) is 3.60. The Kier molecular flexibility index (Phi) is 2.68. The van der Waals surface area contributed by atoms with Crippen molar-refractivity contribution >= 4 is 6.29 Å². The Morgan fingerprint density at radius 1 is 1.43 bits per heavy atom. The van der Waals surface area contributed by atoms with Crippen LogP contribution in [0.3, 0.4) is 0 Å². The maximum Gasteiger partial charge on any atom is 0.573 e. The third-order valence-corrected chi connectivity index (χ3v) is 1.19. The molecule has 0 aliphatic rings. The molecule has 0 amide bonds. The lowest BCUT2D eigenvalue weighted by molar-refractivity contribution is -0.274. The number of aromatic nitrogens is 1. The van der Waals surface area contributed by atoms with Gasteiger partial charge in [0.05, 0.1) is 6.20 Å². The van der Waals surface area contributed by atoms with Crippen LogP contribution in [0.2, 0.25) is 0 Å². The minimum atomic E-state index is -4.98.